The molecule has 0 aromatic carbocycles. The van der Waals surface area contributed by atoms with E-state index in [9.17, 15) is 0 Å². The van der Waals surface area contributed by atoms with E-state index in [0.717, 1.165) is 44.7 Å². The monoisotopic (exact) mass is 246 g/mol. The Morgan fingerprint density at radius 1 is 1.39 bits per heavy atom. The lowest BCUT2D eigenvalue weighted by Gasteiger charge is -2.28. The van der Waals surface area contributed by atoms with Crippen molar-refractivity contribution in [3.05, 3.63) is 36.1 Å². The topological polar surface area (TPSA) is 24.8 Å². The smallest absolute Gasteiger partial charge is 0.0522 e. The van der Waals surface area contributed by atoms with E-state index in [2.05, 4.69) is 30.8 Å². The molecule has 0 aromatic rings. The van der Waals surface area contributed by atoms with Crippen molar-refractivity contribution in [3.8, 4) is 0 Å². The fourth-order valence-corrected chi connectivity index (χ4v) is 2.18. The zero-order chi connectivity index (χ0) is 12.8. The van der Waals surface area contributed by atoms with Crippen LogP contribution in [-0.2, 0) is 4.74 Å². The molecule has 1 saturated heterocycles. The van der Waals surface area contributed by atoms with Crippen LogP contribution in [-0.4, -0.2) is 31.0 Å². The van der Waals surface area contributed by atoms with Crippen LogP contribution in [0, 0.1) is 5.92 Å². The third-order valence-electron chi connectivity index (χ3n) is 3.41. The van der Waals surface area contributed by atoms with Gasteiger partial charge in [0.05, 0.1) is 5.70 Å². The Balaban J connectivity index is 1.99. The molecule has 98 valence electrons. The average molecular weight is 246 g/mol. The summed E-state index contributed by atoms with van der Waals surface area (Å²) in [5.74, 6) is 0.663. The highest BCUT2D eigenvalue weighted by Crippen LogP contribution is 2.19. The van der Waals surface area contributed by atoms with Gasteiger partial charge in [0.1, 0.15) is 0 Å². The average Bonchev–Trinajstić information content (AvgIpc) is 2.46. The van der Waals surface area contributed by atoms with Gasteiger partial charge >= 0.3 is 0 Å². The SMILES string of the molecule is C=C1/C=C\C(C)=C/C/C=N\N1CC1CCOCC1. The van der Waals surface area contributed by atoms with E-state index in [0.29, 0.717) is 5.92 Å². The molecule has 1 fully saturated rings. The number of rotatable bonds is 2. The molecule has 0 atom stereocenters. The summed E-state index contributed by atoms with van der Waals surface area (Å²) < 4.78 is 5.39. The summed E-state index contributed by atoms with van der Waals surface area (Å²) in [7, 11) is 0. The maximum Gasteiger partial charge on any atom is 0.0522 e. The fourth-order valence-electron chi connectivity index (χ4n) is 2.18. The van der Waals surface area contributed by atoms with E-state index < -0.39 is 0 Å². The predicted octanol–water partition coefficient (Wildman–Crippen LogP) is 3.12. The summed E-state index contributed by atoms with van der Waals surface area (Å²) in [5, 5.41) is 6.55. The molecule has 0 bridgehead atoms. The standard InChI is InChI=1S/C15H22N2O/c1-13-4-3-9-16-17(14(2)6-5-13)12-15-7-10-18-11-8-15/h4-6,9,15H,2-3,7-8,10-12H2,1H3/b6-5-,13-4-,16-9-. The van der Waals surface area contributed by atoms with Crippen LogP contribution in [0.5, 0.6) is 0 Å². The van der Waals surface area contributed by atoms with Crippen molar-refractivity contribution in [3.63, 3.8) is 0 Å². The minimum atomic E-state index is 0.663. The molecule has 2 rings (SSSR count). The number of nitrogens with zero attached hydrogens (tertiary/aromatic N) is 2. The summed E-state index contributed by atoms with van der Waals surface area (Å²) in [4.78, 5) is 0. The van der Waals surface area contributed by atoms with E-state index in [-0.39, 0.29) is 0 Å². The van der Waals surface area contributed by atoms with Crippen molar-refractivity contribution in [1.82, 2.24) is 5.01 Å². The van der Waals surface area contributed by atoms with Crippen LogP contribution in [0.3, 0.4) is 0 Å². The summed E-state index contributed by atoms with van der Waals surface area (Å²) in [5.41, 5.74) is 2.22. The third kappa shape index (κ3) is 3.84. The molecule has 0 unspecified atom stereocenters. The van der Waals surface area contributed by atoms with Crippen molar-refractivity contribution in [2.75, 3.05) is 19.8 Å². The lowest BCUT2D eigenvalue weighted by molar-refractivity contribution is 0.0573. The molecule has 0 amide bonds. The summed E-state index contributed by atoms with van der Waals surface area (Å²) in [6.45, 7) is 8.92. The van der Waals surface area contributed by atoms with Crippen LogP contribution in [0.2, 0.25) is 0 Å². The Bertz CT molecular complexity index is 376. The molecule has 3 nitrogen and oxygen atoms in total. The maximum absolute atomic E-state index is 5.39. The van der Waals surface area contributed by atoms with Gasteiger partial charge < -0.3 is 4.74 Å². The van der Waals surface area contributed by atoms with Gasteiger partial charge in [-0.1, -0.05) is 24.3 Å². The largest absolute Gasteiger partial charge is 0.381 e. The Kier molecular flexibility index (Phi) is 4.76. The molecule has 0 radical (unpaired) electrons. The second-order valence-electron chi connectivity index (χ2n) is 4.94. The number of hydrogen-bond donors (Lipinski definition) is 0. The fraction of sp³-hybridized carbons (Fsp3) is 0.533. The summed E-state index contributed by atoms with van der Waals surface area (Å²) in [6.07, 6.45) is 11.4. The van der Waals surface area contributed by atoms with E-state index in [1.54, 1.807) is 0 Å². The first-order valence-corrected chi connectivity index (χ1v) is 6.67. The van der Waals surface area contributed by atoms with Crippen molar-refractivity contribution in [1.29, 1.82) is 0 Å². The summed E-state index contributed by atoms with van der Waals surface area (Å²) in [6, 6.07) is 0. The first-order chi connectivity index (χ1) is 8.75. The minimum Gasteiger partial charge on any atom is -0.381 e. The lowest BCUT2D eigenvalue weighted by atomic mass is 10.00. The third-order valence-corrected chi connectivity index (χ3v) is 3.41. The summed E-state index contributed by atoms with van der Waals surface area (Å²) >= 11 is 0. The van der Waals surface area contributed by atoms with Gasteiger partial charge in [0.15, 0.2) is 0 Å². The van der Waals surface area contributed by atoms with Gasteiger partial charge in [-0.15, -0.1) is 0 Å². The highest BCUT2D eigenvalue weighted by Gasteiger charge is 2.17. The normalized spacial score (nSPS) is 28.8. The minimum absolute atomic E-state index is 0.663. The van der Waals surface area contributed by atoms with Crippen molar-refractivity contribution in [2.45, 2.75) is 26.2 Å². The van der Waals surface area contributed by atoms with Gasteiger partial charge in [-0.25, -0.2) is 0 Å². The highest BCUT2D eigenvalue weighted by atomic mass is 16.5. The molecule has 2 aliphatic rings. The first-order valence-electron chi connectivity index (χ1n) is 6.67. The Hall–Kier alpha value is -1.35. The second-order valence-corrected chi connectivity index (χ2v) is 4.94. The number of hydrogen-bond acceptors (Lipinski definition) is 3. The van der Waals surface area contributed by atoms with Crippen LogP contribution < -0.4 is 0 Å². The van der Waals surface area contributed by atoms with Crippen LogP contribution >= 0.6 is 0 Å². The zero-order valence-electron chi connectivity index (χ0n) is 11.1. The van der Waals surface area contributed by atoms with Gasteiger partial charge in [-0.05, 0) is 31.8 Å². The molecule has 0 aromatic heterocycles. The molecular weight excluding hydrogens is 224 g/mol. The predicted molar refractivity (Wildman–Crippen MR) is 75.4 cm³/mol. The number of hydrazone groups is 1. The molecule has 0 spiro atoms. The quantitative estimate of drug-likeness (QED) is 0.748. The van der Waals surface area contributed by atoms with Crippen LogP contribution in [0.25, 0.3) is 0 Å². The molecule has 2 heterocycles. The Morgan fingerprint density at radius 3 is 2.94 bits per heavy atom. The highest BCUT2D eigenvalue weighted by molar-refractivity contribution is 5.60. The Labute approximate surface area is 110 Å². The van der Waals surface area contributed by atoms with Gasteiger partial charge in [0.2, 0.25) is 0 Å². The van der Waals surface area contributed by atoms with Crippen molar-refractivity contribution in [2.24, 2.45) is 11.0 Å². The molecule has 2 aliphatic heterocycles. The van der Waals surface area contributed by atoms with Gasteiger partial charge in [0.25, 0.3) is 0 Å². The Morgan fingerprint density at radius 2 is 2.17 bits per heavy atom. The molecule has 18 heavy (non-hydrogen) atoms. The second kappa shape index (κ2) is 6.55. The van der Waals surface area contributed by atoms with Crippen LogP contribution in [0.15, 0.2) is 41.2 Å². The molecule has 0 aliphatic carbocycles. The zero-order valence-corrected chi connectivity index (χ0v) is 11.1. The molecule has 0 saturated carbocycles. The molecule has 0 N–H and O–H groups in total. The first kappa shape index (κ1) is 13.1. The van der Waals surface area contributed by atoms with Gasteiger partial charge in [0, 0.05) is 32.4 Å². The van der Waals surface area contributed by atoms with Gasteiger partial charge in [-0.3, -0.25) is 5.01 Å². The van der Waals surface area contributed by atoms with E-state index in [1.165, 1.54) is 5.57 Å². The van der Waals surface area contributed by atoms with Crippen molar-refractivity contribution < 1.29 is 4.74 Å². The van der Waals surface area contributed by atoms with E-state index in [1.807, 2.05) is 17.3 Å². The van der Waals surface area contributed by atoms with Crippen LogP contribution in [0.1, 0.15) is 26.2 Å². The van der Waals surface area contributed by atoms with E-state index in [4.69, 9.17) is 4.74 Å². The molecule has 3 heteroatoms. The molecular formula is C15H22N2O. The van der Waals surface area contributed by atoms with Gasteiger partial charge in [-0.2, -0.15) is 5.10 Å². The van der Waals surface area contributed by atoms with Crippen molar-refractivity contribution >= 4 is 6.21 Å². The number of allylic oxidation sites excluding steroid dienone is 4. The lowest BCUT2D eigenvalue weighted by Crippen LogP contribution is -2.28. The van der Waals surface area contributed by atoms with E-state index >= 15 is 0 Å². The maximum atomic E-state index is 5.39. The number of ether oxygens (including phenoxy) is 1. The van der Waals surface area contributed by atoms with Crippen LogP contribution in [0.4, 0.5) is 0 Å².